The van der Waals surface area contributed by atoms with Crippen LogP contribution >= 0.6 is 22.9 Å². The van der Waals surface area contributed by atoms with Crippen molar-refractivity contribution < 1.29 is 22.1 Å². The summed E-state index contributed by atoms with van der Waals surface area (Å²) < 4.78 is 33.9. The lowest BCUT2D eigenvalue weighted by Crippen LogP contribution is -2.36. The summed E-state index contributed by atoms with van der Waals surface area (Å²) in [6, 6.07) is 8.25. The average molecular weight is 430 g/mol. The summed E-state index contributed by atoms with van der Waals surface area (Å²) in [6.45, 7) is 1.27. The Morgan fingerprint density at radius 3 is 2.85 bits per heavy atom. The van der Waals surface area contributed by atoms with Crippen molar-refractivity contribution in [1.82, 2.24) is 4.90 Å². The monoisotopic (exact) mass is 429 g/mol. The van der Waals surface area contributed by atoms with Gasteiger partial charge in [0.25, 0.3) is 5.91 Å². The molecule has 0 bridgehead atoms. The van der Waals surface area contributed by atoms with E-state index >= 15 is 0 Å². The van der Waals surface area contributed by atoms with Gasteiger partial charge in [-0.15, -0.1) is 11.3 Å². The quantitative estimate of drug-likeness (QED) is 0.629. The van der Waals surface area contributed by atoms with Gasteiger partial charge in [0.1, 0.15) is 5.75 Å². The summed E-state index contributed by atoms with van der Waals surface area (Å²) in [5.41, 5.74) is 0.524. The number of hydrogen-bond donors (Lipinski definition) is 0. The van der Waals surface area contributed by atoms with Crippen molar-refractivity contribution >= 4 is 39.0 Å². The maximum atomic E-state index is 13.0. The van der Waals surface area contributed by atoms with Crippen LogP contribution in [-0.4, -0.2) is 44.7 Å². The van der Waals surface area contributed by atoms with Crippen molar-refractivity contribution in [2.24, 2.45) is 0 Å². The van der Waals surface area contributed by atoms with Gasteiger partial charge in [-0.3, -0.25) is 4.79 Å². The summed E-state index contributed by atoms with van der Waals surface area (Å²) in [5.74, 6) is 0.0315. The van der Waals surface area contributed by atoms with Gasteiger partial charge in [0.05, 0.1) is 17.2 Å². The highest BCUT2D eigenvalue weighted by Crippen LogP contribution is 2.27. The zero-order valence-electron chi connectivity index (χ0n) is 14.8. The van der Waals surface area contributed by atoms with Crippen LogP contribution in [0.15, 0.2) is 35.7 Å². The zero-order chi connectivity index (χ0) is 19.4. The first-order chi connectivity index (χ1) is 12.8. The molecule has 1 aliphatic rings. The first kappa shape index (κ1) is 20.1. The number of carbonyl (C=O) groups excluding carboxylic acids is 1. The number of nitrogens with zero attached hydrogens (tertiary/aromatic N) is 1. The normalized spacial score (nSPS) is 17.0. The molecule has 0 N–H and O–H groups in total. The number of halogens is 1. The Kier molecular flexibility index (Phi) is 6.41. The molecule has 1 fully saturated rings. The molecule has 2 heterocycles. The summed E-state index contributed by atoms with van der Waals surface area (Å²) in [4.78, 5) is 15.2. The SMILES string of the molecule is CS(=O)(=O)Oc1ccc(Cl)cc1CN(CC1CCCO1)C(=O)c1cccs1. The number of benzene rings is 1. The van der Waals surface area contributed by atoms with Gasteiger partial charge in [-0.05, 0) is 42.5 Å². The Labute approximate surface area is 167 Å². The van der Waals surface area contributed by atoms with Crippen LogP contribution in [0.3, 0.4) is 0 Å². The fourth-order valence-corrected chi connectivity index (χ4v) is 4.31. The second-order valence-electron chi connectivity index (χ2n) is 6.34. The standard InChI is InChI=1S/C18H20ClNO5S2/c1-27(22,23)25-16-7-6-14(19)10-13(16)11-20(12-15-4-2-8-24-15)18(21)17-5-3-9-26-17/h3,5-7,9-10,15H,2,4,8,11-12H2,1H3. The summed E-state index contributed by atoms with van der Waals surface area (Å²) in [7, 11) is -3.70. The van der Waals surface area contributed by atoms with Crippen molar-refractivity contribution in [3.8, 4) is 5.75 Å². The van der Waals surface area contributed by atoms with Crippen LogP contribution in [-0.2, 0) is 21.4 Å². The molecule has 2 aromatic rings. The van der Waals surface area contributed by atoms with Crippen LogP contribution < -0.4 is 4.18 Å². The van der Waals surface area contributed by atoms with Crippen LogP contribution in [0.2, 0.25) is 5.02 Å². The lowest BCUT2D eigenvalue weighted by molar-refractivity contribution is 0.0510. The second kappa shape index (κ2) is 8.60. The van der Waals surface area contributed by atoms with Gasteiger partial charge in [0.2, 0.25) is 0 Å². The number of thiophene rings is 1. The Bertz CT molecular complexity index is 892. The van der Waals surface area contributed by atoms with Crippen LogP contribution in [0.5, 0.6) is 5.75 Å². The van der Waals surface area contributed by atoms with Crippen LogP contribution in [0.4, 0.5) is 0 Å². The van der Waals surface area contributed by atoms with E-state index in [1.54, 1.807) is 23.1 Å². The third kappa shape index (κ3) is 5.68. The summed E-state index contributed by atoms with van der Waals surface area (Å²) in [5, 5.41) is 2.28. The molecule has 146 valence electrons. The van der Waals surface area contributed by atoms with E-state index in [0.717, 1.165) is 19.1 Å². The summed E-state index contributed by atoms with van der Waals surface area (Å²) in [6.07, 6.45) is 2.79. The fourth-order valence-electron chi connectivity index (χ4n) is 2.93. The minimum Gasteiger partial charge on any atom is -0.382 e. The predicted molar refractivity (Wildman–Crippen MR) is 105 cm³/mol. The number of hydrogen-bond acceptors (Lipinski definition) is 6. The van der Waals surface area contributed by atoms with E-state index in [0.29, 0.717) is 28.6 Å². The highest BCUT2D eigenvalue weighted by molar-refractivity contribution is 7.86. The van der Waals surface area contributed by atoms with Crippen LogP contribution in [0, 0.1) is 0 Å². The van der Waals surface area contributed by atoms with Crippen molar-refractivity contribution in [1.29, 1.82) is 0 Å². The Morgan fingerprint density at radius 2 is 2.22 bits per heavy atom. The van der Waals surface area contributed by atoms with Crippen LogP contribution in [0.1, 0.15) is 28.1 Å². The fraction of sp³-hybridized carbons (Fsp3) is 0.389. The maximum Gasteiger partial charge on any atom is 0.306 e. The Balaban J connectivity index is 1.88. The molecular weight excluding hydrogens is 410 g/mol. The molecule has 0 radical (unpaired) electrons. The third-order valence-corrected chi connectivity index (χ3v) is 5.67. The van der Waals surface area contributed by atoms with E-state index in [-0.39, 0.29) is 24.3 Å². The molecule has 0 saturated carbocycles. The van der Waals surface area contributed by atoms with Crippen molar-refractivity contribution in [3.63, 3.8) is 0 Å². The highest BCUT2D eigenvalue weighted by Gasteiger charge is 2.25. The van der Waals surface area contributed by atoms with Gasteiger partial charge in [-0.2, -0.15) is 8.42 Å². The Hall–Kier alpha value is -1.61. The molecule has 1 atom stereocenters. The number of amides is 1. The molecule has 1 amide bonds. The topological polar surface area (TPSA) is 72.9 Å². The van der Waals surface area contributed by atoms with Gasteiger partial charge in [-0.25, -0.2) is 0 Å². The minimum atomic E-state index is -3.70. The molecule has 0 spiro atoms. The molecular formula is C18H20ClNO5S2. The predicted octanol–water partition coefficient (Wildman–Crippen LogP) is 3.56. The van der Waals surface area contributed by atoms with E-state index in [9.17, 15) is 13.2 Å². The number of rotatable bonds is 7. The van der Waals surface area contributed by atoms with E-state index in [2.05, 4.69) is 0 Å². The maximum absolute atomic E-state index is 13.0. The van der Waals surface area contributed by atoms with Crippen molar-refractivity contribution in [3.05, 3.63) is 51.2 Å². The molecule has 9 heteroatoms. The van der Waals surface area contributed by atoms with Gasteiger partial charge >= 0.3 is 10.1 Å². The summed E-state index contributed by atoms with van der Waals surface area (Å²) >= 11 is 7.45. The van der Waals surface area contributed by atoms with E-state index in [1.807, 2.05) is 11.4 Å². The highest BCUT2D eigenvalue weighted by atomic mass is 35.5. The van der Waals surface area contributed by atoms with Gasteiger partial charge in [0.15, 0.2) is 0 Å². The molecule has 6 nitrogen and oxygen atoms in total. The van der Waals surface area contributed by atoms with Crippen molar-refractivity contribution in [2.75, 3.05) is 19.4 Å². The van der Waals surface area contributed by atoms with Gasteiger partial charge < -0.3 is 13.8 Å². The largest absolute Gasteiger partial charge is 0.382 e. The minimum absolute atomic E-state index is 0.0348. The number of carbonyl (C=O) groups is 1. The molecule has 0 aliphatic carbocycles. The smallest absolute Gasteiger partial charge is 0.306 e. The Morgan fingerprint density at radius 1 is 1.41 bits per heavy atom. The molecule has 27 heavy (non-hydrogen) atoms. The van der Waals surface area contributed by atoms with E-state index < -0.39 is 10.1 Å². The molecule has 1 aliphatic heterocycles. The molecule has 1 aromatic carbocycles. The number of ether oxygens (including phenoxy) is 1. The van der Waals surface area contributed by atoms with Gasteiger partial charge in [0, 0.05) is 30.3 Å². The third-order valence-electron chi connectivity index (χ3n) is 4.09. The average Bonchev–Trinajstić information content (AvgIpc) is 3.28. The first-order valence-electron chi connectivity index (χ1n) is 8.44. The second-order valence-corrected chi connectivity index (χ2v) is 9.30. The lowest BCUT2D eigenvalue weighted by atomic mass is 10.1. The molecule has 1 aromatic heterocycles. The molecule has 1 saturated heterocycles. The zero-order valence-corrected chi connectivity index (χ0v) is 17.1. The first-order valence-corrected chi connectivity index (χ1v) is 11.5. The van der Waals surface area contributed by atoms with Crippen LogP contribution in [0.25, 0.3) is 0 Å². The molecule has 1 unspecified atom stereocenters. The van der Waals surface area contributed by atoms with Crippen molar-refractivity contribution in [2.45, 2.75) is 25.5 Å². The van der Waals surface area contributed by atoms with E-state index in [1.165, 1.54) is 17.4 Å². The van der Waals surface area contributed by atoms with E-state index in [4.69, 9.17) is 20.5 Å². The molecule has 3 rings (SSSR count). The lowest BCUT2D eigenvalue weighted by Gasteiger charge is -2.26. The van der Waals surface area contributed by atoms with Gasteiger partial charge in [-0.1, -0.05) is 17.7 Å².